The number of carbonyl (C=O) groups excluding carboxylic acids is 1. The van der Waals surface area contributed by atoms with Crippen LogP contribution in [0.1, 0.15) is 12.5 Å². The van der Waals surface area contributed by atoms with Crippen molar-refractivity contribution in [2.75, 3.05) is 7.11 Å². The molecule has 146 valence electrons. The Morgan fingerprint density at radius 2 is 1.67 bits per heavy atom. The molecule has 0 N–H and O–H groups in total. The first-order valence-corrected chi connectivity index (χ1v) is 7.17. The van der Waals surface area contributed by atoms with Gasteiger partial charge in [-0.3, -0.25) is 0 Å². The third-order valence-corrected chi connectivity index (χ3v) is 3.15. The minimum absolute atomic E-state index is 0.130. The second-order valence-corrected chi connectivity index (χ2v) is 5.11. The molecule has 0 saturated carbocycles. The standard InChI is InChI=1S/C16H11F6NO4/c1-7(15(24)25-2)26-13-10(17)4-9(5-11(13)18)27-14-12(19)3-8(6-23-14)16(20,21)22/h3-7H,1-2H3. The molecule has 5 nitrogen and oxygen atoms in total. The first-order valence-electron chi connectivity index (χ1n) is 7.17. The van der Waals surface area contributed by atoms with Crippen molar-refractivity contribution in [3.63, 3.8) is 0 Å². The lowest BCUT2D eigenvalue weighted by Crippen LogP contribution is -2.25. The number of benzene rings is 1. The number of nitrogens with zero attached hydrogens (tertiary/aromatic N) is 1. The SMILES string of the molecule is COC(=O)C(C)Oc1c(F)cc(Oc2ncc(C(F)(F)F)cc2F)cc1F. The predicted molar refractivity (Wildman–Crippen MR) is 77.7 cm³/mol. The van der Waals surface area contributed by atoms with E-state index >= 15 is 0 Å². The topological polar surface area (TPSA) is 57.7 Å². The summed E-state index contributed by atoms with van der Waals surface area (Å²) in [5.41, 5.74) is -1.36. The molecule has 0 aliphatic carbocycles. The summed E-state index contributed by atoms with van der Waals surface area (Å²) in [4.78, 5) is 14.4. The molecule has 0 saturated heterocycles. The molecule has 0 aliphatic heterocycles. The van der Waals surface area contributed by atoms with Gasteiger partial charge >= 0.3 is 12.1 Å². The maximum Gasteiger partial charge on any atom is 0.417 e. The molecule has 2 rings (SSSR count). The summed E-state index contributed by atoms with van der Waals surface area (Å²) in [7, 11) is 1.05. The Kier molecular flexibility index (Phi) is 5.82. The maximum absolute atomic E-state index is 14.0. The van der Waals surface area contributed by atoms with Crippen LogP contribution in [-0.4, -0.2) is 24.2 Å². The lowest BCUT2D eigenvalue weighted by molar-refractivity contribution is -0.148. The molecule has 0 fully saturated rings. The first kappa shape index (κ1) is 20.3. The molecule has 0 bridgehead atoms. The minimum Gasteiger partial charge on any atom is -0.473 e. The summed E-state index contributed by atoms with van der Waals surface area (Å²) in [6, 6.07) is 1.30. The van der Waals surface area contributed by atoms with Crippen LogP contribution in [0.15, 0.2) is 24.4 Å². The number of halogens is 6. The highest BCUT2D eigenvalue weighted by Gasteiger charge is 2.32. The van der Waals surface area contributed by atoms with Gasteiger partial charge in [0.15, 0.2) is 29.3 Å². The molecule has 1 heterocycles. The van der Waals surface area contributed by atoms with Crippen molar-refractivity contribution >= 4 is 5.97 Å². The van der Waals surface area contributed by atoms with Gasteiger partial charge in [-0.25, -0.2) is 22.9 Å². The van der Waals surface area contributed by atoms with Crippen LogP contribution < -0.4 is 9.47 Å². The van der Waals surface area contributed by atoms with E-state index in [0.29, 0.717) is 18.3 Å². The Morgan fingerprint density at radius 1 is 1.07 bits per heavy atom. The Morgan fingerprint density at radius 3 is 2.15 bits per heavy atom. The number of methoxy groups -OCH3 is 1. The first-order chi connectivity index (χ1) is 12.5. The zero-order valence-electron chi connectivity index (χ0n) is 13.7. The van der Waals surface area contributed by atoms with Crippen molar-refractivity contribution in [1.29, 1.82) is 0 Å². The predicted octanol–water partition coefficient (Wildman–Crippen LogP) is 4.25. The minimum atomic E-state index is -4.82. The van der Waals surface area contributed by atoms with Gasteiger partial charge in [-0.2, -0.15) is 13.2 Å². The third kappa shape index (κ3) is 4.80. The van der Waals surface area contributed by atoms with Gasteiger partial charge in [0.05, 0.1) is 12.7 Å². The second-order valence-electron chi connectivity index (χ2n) is 5.11. The number of hydrogen-bond donors (Lipinski definition) is 0. The van der Waals surface area contributed by atoms with E-state index in [4.69, 9.17) is 9.47 Å². The second kappa shape index (κ2) is 7.72. The number of pyridine rings is 1. The average Bonchev–Trinajstić information content (AvgIpc) is 2.58. The Bertz CT molecular complexity index is 832. The smallest absolute Gasteiger partial charge is 0.417 e. The summed E-state index contributed by atoms with van der Waals surface area (Å²) >= 11 is 0. The average molecular weight is 395 g/mol. The van der Waals surface area contributed by atoms with Crippen LogP contribution >= 0.6 is 0 Å². The van der Waals surface area contributed by atoms with Crippen LogP contribution in [0, 0.1) is 17.5 Å². The fourth-order valence-electron chi connectivity index (χ4n) is 1.87. The van der Waals surface area contributed by atoms with E-state index in [1.54, 1.807) is 0 Å². The van der Waals surface area contributed by atoms with Crippen LogP contribution in [0.25, 0.3) is 0 Å². The van der Waals surface area contributed by atoms with Crippen LogP contribution in [0.2, 0.25) is 0 Å². The molecule has 1 atom stereocenters. The summed E-state index contributed by atoms with van der Waals surface area (Å²) in [5, 5.41) is 0. The number of carbonyl (C=O) groups is 1. The number of hydrogen-bond acceptors (Lipinski definition) is 5. The Balaban J connectivity index is 2.25. The zero-order valence-corrected chi connectivity index (χ0v) is 13.7. The van der Waals surface area contributed by atoms with Crippen molar-refractivity contribution in [3.8, 4) is 17.4 Å². The maximum atomic E-state index is 14.0. The number of alkyl halides is 3. The number of ether oxygens (including phenoxy) is 3. The molecule has 2 aromatic rings. The molecule has 1 aromatic heterocycles. The summed E-state index contributed by atoms with van der Waals surface area (Å²) < 4.78 is 93.1. The fourth-order valence-corrected chi connectivity index (χ4v) is 1.87. The van der Waals surface area contributed by atoms with Crippen molar-refractivity contribution < 1.29 is 45.3 Å². The third-order valence-electron chi connectivity index (χ3n) is 3.15. The van der Waals surface area contributed by atoms with E-state index in [9.17, 15) is 31.1 Å². The highest BCUT2D eigenvalue weighted by molar-refractivity contribution is 5.74. The number of esters is 1. The summed E-state index contributed by atoms with van der Waals surface area (Å²) in [5.74, 6) is -7.38. The van der Waals surface area contributed by atoms with Crippen molar-refractivity contribution in [1.82, 2.24) is 4.98 Å². The van der Waals surface area contributed by atoms with Crippen LogP contribution in [0.3, 0.4) is 0 Å². The molecule has 1 unspecified atom stereocenters. The van der Waals surface area contributed by atoms with E-state index < -0.39 is 58.6 Å². The normalized spacial score (nSPS) is 12.4. The van der Waals surface area contributed by atoms with E-state index in [-0.39, 0.29) is 6.07 Å². The Hall–Kier alpha value is -2.98. The summed E-state index contributed by atoms with van der Waals surface area (Å²) in [6.07, 6.45) is -5.83. The summed E-state index contributed by atoms with van der Waals surface area (Å²) in [6.45, 7) is 1.19. The van der Waals surface area contributed by atoms with Gasteiger partial charge < -0.3 is 14.2 Å². The zero-order chi connectivity index (χ0) is 20.4. The van der Waals surface area contributed by atoms with E-state index in [1.165, 1.54) is 6.92 Å². The highest BCUT2D eigenvalue weighted by Crippen LogP contribution is 2.33. The molecule has 0 aliphatic rings. The van der Waals surface area contributed by atoms with Crippen molar-refractivity contribution in [3.05, 3.63) is 47.4 Å². The van der Waals surface area contributed by atoms with Crippen LogP contribution in [0.4, 0.5) is 26.3 Å². The number of rotatable bonds is 5. The molecule has 27 heavy (non-hydrogen) atoms. The molecule has 0 spiro atoms. The lowest BCUT2D eigenvalue weighted by Gasteiger charge is -2.15. The van der Waals surface area contributed by atoms with Crippen LogP contribution in [-0.2, 0) is 15.7 Å². The molecule has 11 heteroatoms. The van der Waals surface area contributed by atoms with Crippen LogP contribution in [0.5, 0.6) is 17.4 Å². The van der Waals surface area contributed by atoms with Gasteiger partial charge in [0, 0.05) is 18.3 Å². The van der Waals surface area contributed by atoms with E-state index in [0.717, 1.165) is 7.11 Å². The van der Waals surface area contributed by atoms with Crippen molar-refractivity contribution in [2.24, 2.45) is 0 Å². The largest absolute Gasteiger partial charge is 0.473 e. The van der Waals surface area contributed by atoms with Gasteiger partial charge in [-0.1, -0.05) is 0 Å². The fraction of sp³-hybridized carbons (Fsp3) is 0.250. The van der Waals surface area contributed by atoms with Crippen molar-refractivity contribution in [2.45, 2.75) is 19.2 Å². The van der Waals surface area contributed by atoms with E-state index in [2.05, 4.69) is 9.72 Å². The van der Waals surface area contributed by atoms with Gasteiger partial charge in [0.2, 0.25) is 0 Å². The van der Waals surface area contributed by atoms with Gasteiger partial charge in [-0.05, 0) is 13.0 Å². The van der Waals surface area contributed by atoms with E-state index in [1.807, 2.05) is 0 Å². The molecule has 1 aromatic carbocycles. The van der Waals surface area contributed by atoms with Gasteiger partial charge in [0.1, 0.15) is 5.75 Å². The molecule has 0 radical (unpaired) electrons. The molecule has 0 amide bonds. The highest BCUT2D eigenvalue weighted by atomic mass is 19.4. The Labute approximate surface area is 148 Å². The quantitative estimate of drug-likeness (QED) is 0.560. The lowest BCUT2D eigenvalue weighted by atomic mass is 10.2. The van der Waals surface area contributed by atoms with Gasteiger partial charge in [-0.15, -0.1) is 0 Å². The number of aromatic nitrogens is 1. The molecular weight excluding hydrogens is 384 g/mol. The monoisotopic (exact) mass is 395 g/mol. The van der Waals surface area contributed by atoms with Gasteiger partial charge in [0.25, 0.3) is 5.88 Å². The molecular formula is C16H11F6NO4.